The Labute approximate surface area is 125 Å². The van der Waals surface area contributed by atoms with E-state index in [2.05, 4.69) is 0 Å². The van der Waals surface area contributed by atoms with Crippen LogP contribution in [0.3, 0.4) is 0 Å². The highest BCUT2D eigenvalue weighted by Gasteiger charge is 2.38. The summed E-state index contributed by atoms with van der Waals surface area (Å²) in [5, 5.41) is 9.47. The van der Waals surface area contributed by atoms with Crippen LogP contribution in [0, 0.1) is 11.7 Å². The summed E-state index contributed by atoms with van der Waals surface area (Å²) in [6, 6.07) is 1.30. The minimum atomic E-state index is -4.76. The number of aliphatic hydroxyl groups excluding tert-OH is 1. The number of rotatable bonds is 3. The molecule has 0 amide bonds. The lowest BCUT2D eigenvalue weighted by Gasteiger charge is -2.19. The Kier molecular flexibility index (Phi) is 4.51. The first-order valence-electron chi connectivity index (χ1n) is 6.58. The molecule has 2 atom stereocenters. The third-order valence-corrected chi connectivity index (χ3v) is 5.63. The first-order valence-corrected chi connectivity index (χ1v) is 8.02. The molecule has 1 saturated heterocycles. The van der Waals surface area contributed by atoms with Gasteiger partial charge in [-0.1, -0.05) is 0 Å². The Balaban J connectivity index is 2.38. The monoisotopic (exact) mass is 341 g/mol. The Morgan fingerprint density at radius 1 is 1.36 bits per heavy atom. The molecule has 1 heterocycles. The van der Waals surface area contributed by atoms with E-state index >= 15 is 0 Å². The average Bonchev–Trinajstić information content (AvgIpc) is 2.87. The Bertz CT molecular complexity index is 658. The summed E-state index contributed by atoms with van der Waals surface area (Å²) < 4.78 is 77.3. The van der Waals surface area contributed by atoms with E-state index in [1.807, 2.05) is 0 Å². The number of benzene rings is 1. The molecule has 4 nitrogen and oxygen atoms in total. The summed E-state index contributed by atoms with van der Waals surface area (Å²) in [5.74, 6) is -1.54. The number of alkyl halides is 3. The van der Waals surface area contributed by atoms with Crippen LogP contribution in [-0.2, 0) is 16.2 Å². The molecule has 2 unspecified atom stereocenters. The second kappa shape index (κ2) is 5.78. The second-order valence-electron chi connectivity index (χ2n) is 5.30. The fraction of sp³-hybridized carbons (Fsp3) is 0.538. The summed E-state index contributed by atoms with van der Waals surface area (Å²) in [4.78, 5) is -0.992. The van der Waals surface area contributed by atoms with Crippen molar-refractivity contribution in [1.82, 2.24) is 4.31 Å². The minimum Gasteiger partial charge on any atom is -0.393 e. The van der Waals surface area contributed by atoms with Gasteiger partial charge in [0.15, 0.2) is 0 Å². The molecule has 1 aromatic carbocycles. The van der Waals surface area contributed by atoms with Crippen LogP contribution in [0.25, 0.3) is 0 Å². The summed E-state index contributed by atoms with van der Waals surface area (Å²) in [6.07, 6.45) is -5.13. The number of halogens is 4. The first-order chi connectivity index (χ1) is 10.0. The summed E-state index contributed by atoms with van der Waals surface area (Å²) in [7, 11) is -4.37. The smallest absolute Gasteiger partial charge is 0.393 e. The van der Waals surface area contributed by atoms with Gasteiger partial charge in [0, 0.05) is 13.1 Å². The number of hydrogen-bond acceptors (Lipinski definition) is 3. The van der Waals surface area contributed by atoms with E-state index in [1.165, 1.54) is 6.92 Å². The standard InChI is InChI=1S/C13H15F4NO3S/c1-8(19)9-4-5-18(7-9)22(20,21)12-6-10(13(15,16)17)2-3-11(12)14/h2-3,6,8-9,19H,4-5,7H2,1H3. The largest absolute Gasteiger partial charge is 0.416 e. The molecule has 0 saturated carbocycles. The zero-order valence-corrected chi connectivity index (χ0v) is 12.5. The molecule has 1 aromatic rings. The molecule has 1 aliphatic rings. The van der Waals surface area contributed by atoms with Gasteiger partial charge in [-0.25, -0.2) is 12.8 Å². The molecule has 1 N–H and O–H groups in total. The maximum absolute atomic E-state index is 13.7. The predicted molar refractivity (Wildman–Crippen MR) is 69.9 cm³/mol. The van der Waals surface area contributed by atoms with E-state index in [1.54, 1.807) is 0 Å². The van der Waals surface area contributed by atoms with Crippen LogP contribution in [0.4, 0.5) is 17.6 Å². The lowest BCUT2D eigenvalue weighted by molar-refractivity contribution is -0.137. The number of hydrogen-bond donors (Lipinski definition) is 1. The van der Waals surface area contributed by atoms with Crippen molar-refractivity contribution < 1.29 is 31.1 Å². The molecule has 0 spiro atoms. The second-order valence-corrected chi connectivity index (χ2v) is 7.20. The lowest BCUT2D eigenvalue weighted by Crippen LogP contribution is -2.31. The third-order valence-electron chi connectivity index (χ3n) is 3.75. The zero-order chi connectivity index (χ0) is 16.7. The molecule has 0 aliphatic carbocycles. The average molecular weight is 341 g/mol. The van der Waals surface area contributed by atoms with Crippen molar-refractivity contribution in [3.05, 3.63) is 29.6 Å². The third kappa shape index (κ3) is 3.26. The van der Waals surface area contributed by atoms with Crippen molar-refractivity contribution in [2.75, 3.05) is 13.1 Å². The van der Waals surface area contributed by atoms with Crippen molar-refractivity contribution in [2.45, 2.75) is 30.5 Å². The first kappa shape index (κ1) is 17.2. The Morgan fingerprint density at radius 3 is 2.50 bits per heavy atom. The molecule has 124 valence electrons. The van der Waals surface area contributed by atoms with Crippen molar-refractivity contribution >= 4 is 10.0 Å². The summed E-state index contributed by atoms with van der Waals surface area (Å²) in [6.45, 7) is 1.49. The van der Waals surface area contributed by atoms with Gasteiger partial charge >= 0.3 is 6.18 Å². The van der Waals surface area contributed by atoms with Crippen LogP contribution in [0.2, 0.25) is 0 Å². The van der Waals surface area contributed by atoms with Gasteiger partial charge < -0.3 is 5.11 Å². The SMILES string of the molecule is CC(O)C1CCN(S(=O)(=O)c2cc(C(F)(F)F)ccc2F)C1. The maximum Gasteiger partial charge on any atom is 0.416 e. The molecule has 2 rings (SSSR count). The molecule has 1 fully saturated rings. The van der Waals surface area contributed by atoms with Crippen LogP contribution >= 0.6 is 0 Å². The number of sulfonamides is 1. The molecular weight excluding hydrogens is 326 g/mol. The van der Waals surface area contributed by atoms with E-state index < -0.39 is 38.6 Å². The van der Waals surface area contributed by atoms with Gasteiger partial charge in [0.1, 0.15) is 10.7 Å². The molecule has 22 heavy (non-hydrogen) atoms. The molecule has 0 radical (unpaired) electrons. The van der Waals surface area contributed by atoms with Crippen LogP contribution in [0.5, 0.6) is 0 Å². The highest BCUT2D eigenvalue weighted by atomic mass is 32.2. The van der Waals surface area contributed by atoms with Gasteiger partial charge in [-0.05, 0) is 37.5 Å². The summed E-state index contributed by atoms with van der Waals surface area (Å²) in [5.41, 5.74) is -1.22. The highest BCUT2D eigenvalue weighted by molar-refractivity contribution is 7.89. The van der Waals surface area contributed by atoms with Crippen molar-refractivity contribution in [3.63, 3.8) is 0 Å². The van der Waals surface area contributed by atoms with E-state index in [-0.39, 0.29) is 19.0 Å². The molecule has 1 aliphatic heterocycles. The van der Waals surface area contributed by atoms with Gasteiger partial charge in [-0.3, -0.25) is 0 Å². The predicted octanol–water partition coefficient (Wildman–Crippen LogP) is 2.24. The molecule has 9 heteroatoms. The summed E-state index contributed by atoms with van der Waals surface area (Å²) >= 11 is 0. The molecular formula is C13H15F4NO3S. The van der Waals surface area contributed by atoms with Crippen molar-refractivity contribution in [1.29, 1.82) is 0 Å². The quantitative estimate of drug-likeness (QED) is 0.858. The van der Waals surface area contributed by atoms with E-state index in [4.69, 9.17) is 0 Å². The fourth-order valence-electron chi connectivity index (χ4n) is 2.38. The molecule has 0 aromatic heterocycles. The van der Waals surface area contributed by atoms with Gasteiger partial charge in [0.25, 0.3) is 0 Å². The van der Waals surface area contributed by atoms with Crippen LogP contribution in [-0.4, -0.2) is 37.0 Å². The maximum atomic E-state index is 13.7. The number of aliphatic hydroxyl groups is 1. The minimum absolute atomic E-state index is 0.0353. The van der Waals surface area contributed by atoms with Crippen molar-refractivity contribution in [3.8, 4) is 0 Å². The zero-order valence-electron chi connectivity index (χ0n) is 11.6. The Morgan fingerprint density at radius 2 is 2.00 bits per heavy atom. The normalized spacial score (nSPS) is 22.0. The van der Waals surface area contributed by atoms with Gasteiger partial charge in [0.2, 0.25) is 10.0 Å². The van der Waals surface area contributed by atoms with Crippen LogP contribution < -0.4 is 0 Å². The Hall–Kier alpha value is -1.19. The topological polar surface area (TPSA) is 57.6 Å². The molecule has 0 bridgehead atoms. The van der Waals surface area contributed by atoms with Crippen LogP contribution in [0.1, 0.15) is 18.9 Å². The van der Waals surface area contributed by atoms with E-state index in [0.717, 1.165) is 4.31 Å². The lowest BCUT2D eigenvalue weighted by atomic mass is 10.0. The van der Waals surface area contributed by atoms with Crippen molar-refractivity contribution in [2.24, 2.45) is 5.92 Å². The van der Waals surface area contributed by atoms with Gasteiger partial charge in [0.05, 0.1) is 11.7 Å². The van der Waals surface area contributed by atoms with E-state index in [9.17, 15) is 31.1 Å². The fourth-order valence-corrected chi connectivity index (χ4v) is 3.98. The van der Waals surface area contributed by atoms with Gasteiger partial charge in [-0.2, -0.15) is 17.5 Å². The highest BCUT2D eigenvalue weighted by Crippen LogP contribution is 2.33. The van der Waals surface area contributed by atoms with Crippen LogP contribution in [0.15, 0.2) is 23.1 Å². The van der Waals surface area contributed by atoms with Gasteiger partial charge in [-0.15, -0.1) is 0 Å². The van der Waals surface area contributed by atoms with E-state index in [0.29, 0.717) is 24.6 Å². The number of nitrogens with zero attached hydrogens (tertiary/aromatic N) is 1.